The summed E-state index contributed by atoms with van der Waals surface area (Å²) in [5.74, 6) is -0.0575. The van der Waals surface area contributed by atoms with Gasteiger partial charge in [0.15, 0.2) is 0 Å². The minimum absolute atomic E-state index is 0.0575. The fourth-order valence-electron chi connectivity index (χ4n) is 0.891. The van der Waals surface area contributed by atoms with Gasteiger partial charge in [0, 0.05) is 6.54 Å². The summed E-state index contributed by atoms with van der Waals surface area (Å²) in [4.78, 5) is 20.7. The molecular formula is C9H17NO3. The number of hydrogen-bond donors (Lipinski definition) is 1. The minimum atomic E-state index is -0.0575. The van der Waals surface area contributed by atoms with E-state index in [2.05, 4.69) is 17.0 Å². The summed E-state index contributed by atoms with van der Waals surface area (Å²) in [5.41, 5.74) is 0. The fourth-order valence-corrected chi connectivity index (χ4v) is 0.891. The third-order valence-electron chi connectivity index (χ3n) is 1.62. The predicted octanol–water partition coefficient (Wildman–Crippen LogP) is 0.856. The molecule has 76 valence electrons. The molecule has 1 N–H and O–H groups in total. The number of hydrogen-bond acceptors (Lipinski definition) is 3. The first-order chi connectivity index (χ1) is 6.31. The molecule has 0 saturated heterocycles. The van der Waals surface area contributed by atoms with E-state index in [1.807, 2.05) is 0 Å². The smallest absolute Gasteiger partial charge is 0.293 e. The van der Waals surface area contributed by atoms with Gasteiger partial charge in [-0.1, -0.05) is 19.8 Å². The monoisotopic (exact) mass is 187 g/mol. The van der Waals surface area contributed by atoms with Gasteiger partial charge in [0.05, 0.1) is 13.0 Å². The molecule has 0 rings (SSSR count). The molecule has 0 aliphatic carbocycles. The molecule has 13 heavy (non-hydrogen) atoms. The Balaban J connectivity index is 3.15. The molecule has 1 amide bonds. The highest BCUT2D eigenvalue weighted by molar-refractivity contribution is 5.75. The van der Waals surface area contributed by atoms with Crippen molar-refractivity contribution in [1.29, 1.82) is 0 Å². The molecule has 0 bridgehead atoms. The van der Waals surface area contributed by atoms with E-state index in [1.54, 1.807) is 0 Å². The third kappa shape index (κ3) is 8.85. The van der Waals surface area contributed by atoms with Gasteiger partial charge in [-0.05, 0) is 6.42 Å². The van der Waals surface area contributed by atoms with Crippen molar-refractivity contribution in [2.45, 2.75) is 32.6 Å². The highest BCUT2D eigenvalue weighted by Gasteiger charge is 1.99. The lowest BCUT2D eigenvalue weighted by molar-refractivity contribution is -0.130. The average molecular weight is 187 g/mol. The van der Waals surface area contributed by atoms with E-state index in [4.69, 9.17) is 0 Å². The Morgan fingerprint density at radius 1 is 1.46 bits per heavy atom. The SMILES string of the molecule is CCCCCNC(=O)CCOC=O. The lowest BCUT2D eigenvalue weighted by Crippen LogP contribution is -2.25. The largest absolute Gasteiger partial charge is 0.467 e. The van der Waals surface area contributed by atoms with E-state index in [-0.39, 0.29) is 18.9 Å². The Hall–Kier alpha value is -1.06. The molecule has 0 radical (unpaired) electrons. The number of rotatable bonds is 8. The van der Waals surface area contributed by atoms with Crippen LogP contribution in [0.25, 0.3) is 0 Å². The first-order valence-corrected chi connectivity index (χ1v) is 4.63. The second kappa shape index (κ2) is 9.03. The van der Waals surface area contributed by atoms with Crippen molar-refractivity contribution in [1.82, 2.24) is 5.32 Å². The molecule has 0 atom stereocenters. The average Bonchev–Trinajstić information content (AvgIpc) is 2.13. The van der Waals surface area contributed by atoms with Crippen LogP contribution < -0.4 is 5.32 Å². The van der Waals surface area contributed by atoms with Crippen molar-refractivity contribution in [3.05, 3.63) is 0 Å². The van der Waals surface area contributed by atoms with Crippen molar-refractivity contribution in [2.75, 3.05) is 13.2 Å². The van der Waals surface area contributed by atoms with Gasteiger partial charge in [-0.25, -0.2) is 0 Å². The first-order valence-electron chi connectivity index (χ1n) is 4.63. The molecule has 0 aromatic rings. The van der Waals surface area contributed by atoms with Gasteiger partial charge in [0.2, 0.25) is 5.91 Å². The highest BCUT2D eigenvalue weighted by atomic mass is 16.5. The maximum Gasteiger partial charge on any atom is 0.293 e. The summed E-state index contributed by atoms with van der Waals surface area (Å²) >= 11 is 0. The van der Waals surface area contributed by atoms with Crippen molar-refractivity contribution in [2.24, 2.45) is 0 Å². The molecule has 0 aromatic carbocycles. The zero-order chi connectivity index (χ0) is 9.94. The van der Waals surface area contributed by atoms with Gasteiger partial charge >= 0.3 is 0 Å². The van der Waals surface area contributed by atoms with Gasteiger partial charge in [0.25, 0.3) is 6.47 Å². The van der Waals surface area contributed by atoms with Crippen LogP contribution in [0.1, 0.15) is 32.6 Å². The zero-order valence-electron chi connectivity index (χ0n) is 8.04. The van der Waals surface area contributed by atoms with Crippen molar-refractivity contribution in [3.63, 3.8) is 0 Å². The van der Waals surface area contributed by atoms with E-state index in [0.29, 0.717) is 13.0 Å². The summed E-state index contributed by atoms with van der Waals surface area (Å²) < 4.78 is 4.39. The summed E-state index contributed by atoms with van der Waals surface area (Å²) in [5, 5.41) is 2.74. The normalized spacial score (nSPS) is 9.31. The number of amides is 1. The Morgan fingerprint density at radius 2 is 2.23 bits per heavy atom. The number of nitrogens with one attached hydrogen (secondary N) is 1. The highest BCUT2D eigenvalue weighted by Crippen LogP contribution is 1.91. The molecule has 0 aliphatic rings. The quantitative estimate of drug-likeness (QED) is 0.453. The van der Waals surface area contributed by atoms with E-state index in [0.717, 1.165) is 19.3 Å². The zero-order valence-corrected chi connectivity index (χ0v) is 8.04. The van der Waals surface area contributed by atoms with Crippen LogP contribution in [0.15, 0.2) is 0 Å². The van der Waals surface area contributed by atoms with Gasteiger partial charge in [-0.3, -0.25) is 9.59 Å². The lowest BCUT2D eigenvalue weighted by atomic mass is 10.2. The maximum atomic E-state index is 11.0. The first kappa shape index (κ1) is 11.9. The van der Waals surface area contributed by atoms with Crippen LogP contribution in [0, 0.1) is 0 Å². The molecule has 0 aromatic heterocycles. The topological polar surface area (TPSA) is 55.4 Å². The van der Waals surface area contributed by atoms with Crippen LogP contribution >= 0.6 is 0 Å². The van der Waals surface area contributed by atoms with Crippen LogP contribution in [0.3, 0.4) is 0 Å². The van der Waals surface area contributed by atoms with Crippen LogP contribution in [0.4, 0.5) is 0 Å². The number of carbonyl (C=O) groups excluding carboxylic acids is 2. The van der Waals surface area contributed by atoms with Crippen LogP contribution in [-0.2, 0) is 14.3 Å². The van der Waals surface area contributed by atoms with E-state index in [9.17, 15) is 9.59 Å². The van der Waals surface area contributed by atoms with E-state index >= 15 is 0 Å². The van der Waals surface area contributed by atoms with Crippen LogP contribution in [-0.4, -0.2) is 25.5 Å². The van der Waals surface area contributed by atoms with E-state index < -0.39 is 0 Å². The van der Waals surface area contributed by atoms with Crippen molar-refractivity contribution < 1.29 is 14.3 Å². The van der Waals surface area contributed by atoms with Crippen molar-refractivity contribution in [3.8, 4) is 0 Å². The lowest BCUT2D eigenvalue weighted by Gasteiger charge is -2.03. The number of ether oxygens (including phenoxy) is 1. The van der Waals surface area contributed by atoms with E-state index in [1.165, 1.54) is 0 Å². The minimum Gasteiger partial charge on any atom is -0.467 e. The molecule has 0 aliphatic heterocycles. The summed E-state index contributed by atoms with van der Waals surface area (Å²) in [6.45, 7) is 3.35. The summed E-state index contributed by atoms with van der Waals surface area (Å²) in [6.07, 6.45) is 3.54. The van der Waals surface area contributed by atoms with Crippen LogP contribution in [0.5, 0.6) is 0 Å². The predicted molar refractivity (Wildman–Crippen MR) is 49.2 cm³/mol. The molecule has 4 heteroatoms. The third-order valence-corrected chi connectivity index (χ3v) is 1.62. The van der Waals surface area contributed by atoms with Gasteiger partial charge in [-0.2, -0.15) is 0 Å². The van der Waals surface area contributed by atoms with Gasteiger partial charge in [0.1, 0.15) is 0 Å². The van der Waals surface area contributed by atoms with Gasteiger partial charge in [-0.15, -0.1) is 0 Å². The Morgan fingerprint density at radius 3 is 2.85 bits per heavy atom. The Kier molecular flexibility index (Phi) is 8.30. The molecule has 0 unspecified atom stereocenters. The Bertz CT molecular complexity index is 148. The molecule has 0 fully saturated rings. The maximum absolute atomic E-state index is 11.0. The van der Waals surface area contributed by atoms with Gasteiger partial charge < -0.3 is 10.1 Å². The molecular weight excluding hydrogens is 170 g/mol. The Labute approximate surface area is 78.6 Å². The summed E-state index contributed by atoms with van der Waals surface area (Å²) in [6, 6.07) is 0. The second-order valence-electron chi connectivity index (χ2n) is 2.77. The molecule has 0 spiro atoms. The molecule has 0 saturated carbocycles. The molecule has 4 nitrogen and oxygen atoms in total. The number of carbonyl (C=O) groups is 2. The van der Waals surface area contributed by atoms with Crippen LogP contribution in [0.2, 0.25) is 0 Å². The standard InChI is InChI=1S/C9H17NO3/c1-2-3-4-6-10-9(12)5-7-13-8-11/h8H,2-7H2,1H3,(H,10,12). The second-order valence-corrected chi connectivity index (χ2v) is 2.77. The number of unbranched alkanes of at least 4 members (excludes halogenated alkanes) is 2. The molecule has 0 heterocycles. The fraction of sp³-hybridized carbons (Fsp3) is 0.778. The van der Waals surface area contributed by atoms with Crippen molar-refractivity contribution >= 4 is 12.4 Å². The summed E-state index contributed by atoms with van der Waals surface area (Å²) in [7, 11) is 0.